The van der Waals surface area contributed by atoms with Gasteiger partial charge in [0.1, 0.15) is 11.5 Å². The van der Waals surface area contributed by atoms with Crippen LogP contribution in [0.4, 0.5) is 5.69 Å². The second-order valence-corrected chi connectivity index (χ2v) is 7.66. The summed E-state index contributed by atoms with van der Waals surface area (Å²) in [7, 11) is 3.09. The van der Waals surface area contributed by atoms with Crippen LogP contribution in [0.1, 0.15) is 12.0 Å². The summed E-state index contributed by atoms with van der Waals surface area (Å²) in [4.78, 5) is 31.7. The molecule has 2 fully saturated rings. The average molecular weight is 409 g/mol. The summed E-state index contributed by atoms with van der Waals surface area (Å²) in [5, 5.41) is 0. The molecule has 0 bridgehead atoms. The number of methoxy groups -OCH3 is 2. The van der Waals surface area contributed by atoms with Gasteiger partial charge in [0.2, 0.25) is 5.91 Å². The van der Waals surface area contributed by atoms with E-state index in [2.05, 4.69) is 34.1 Å². The van der Waals surface area contributed by atoms with Crippen molar-refractivity contribution in [3.8, 4) is 11.5 Å². The van der Waals surface area contributed by atoms with Gasteiger partial charge >= 0.3 is 0 Å². The number of carbonyl (C=O) groups excluding carboxylic acids is 2. The van der Waals surface area contributed by atoms with Gasteiger partial charge < -0.3 is 9.47 Å². The SMILES string of the molecule is COc1cc(OC)cc(N2C(=O)C[C@@H](N3CCN(Cc4ccccc4)CC3)C2=O)c1. The zero-order valence-corrected chi connectivity index (χ0v) is 17.4. The van der Waals surface area contributed by atoms with E-state index in [9.17, 15) is 9.59 Å². The molecule has 2 aromatic rings. The molecular weight excluding hydrogens is 382 g/mol. The molecule has 0 N–H and O–H groups in total. The number of anilines is 1. The van der Waals surface area contributed by atoms with Gasteiger partial charge in [-0.1, -0.05) is 30.3 Å². The summed E-state index contributed by atoms with van der Waals surface area (Å²) < 4.78 is 10.6. The van der Waals surface area contributed by atoms with Gasteiger partial charge in [-0.3, -0.25) is 19.4 Å². The Morgan fingerprint density at radius 2 is 1.53 bits per heavy atom. The van der Waals surface area contributed by atoms with E-state index >= 15 is 0 Å². The molecule has 158 valence electrons. The molecule has 0 unspecified atom stereocenters. The van der Waals surface area contributed by atoms with E-state index in [1.165, 1.54) is 10.5 Å². The number of piperazine rings is 1. The minimum Gasteiger partial charge on any atom is -0.497 e. The van der Waals surface area contributed by atoms with Gasteiger partial charge in [0, 0.05) is 50.9 Å². The Bertz CT molecular complexity index is 888. The lowest BCUT2D eigenvalue weighted by molar-refractivity contribution is -0.123. The molecule has 0 spiro atoms. The first-order valence-corrected chi connectivity index (χ1v) is 10.2. The number of imide groups is 1. The first-order valence-electron chi connectivity index (χ1n) is 10.2. The van der Waals surface area contributed by atoms with Crippen molar-refractivity contribution in [2.45, 2.75) is 19.0 Å². The molecule has 0 aliphatic carbocycles. The monoisotopic (exact) mass is 409 g/mol. The van der Waals surface area contributed by atoms with Gasteiger partial charge in [-0.25, -0.2) is 4.90 Å². The van der Waals surface area contributed by atoms with Crippen LogP contribution in [0.25, 0.3) is 0 Å². The van der Waals surface area contributed by atoms with Crippen molar-refractivity contribution >= 4 is 17.5 Å². The second-order valence-electron chi connectivity index (χ2n) is 7.66. The molecule has 7 heteroatoms. The number of carbonyl (C=O) groups is 2. The summed E-state index contributed by atoms with van der Waals surface area (Å²) in [5.74, 6) is 0.727. The Morgan fingerprint density at radius 1 is 0.900 bits per heavy atom. The topological polar surface area (TPSA) is 62.3 Å². The highest BCUT2D eigenvalue weighted by Crippen LogP contribution is 2.32. The van der Waals surface area contributed by atoms with Crippen LogP contribution in [0, 0.1) is 0 Å². The van der Waals surface area contributed by atoms with Crippen molar-refractivity contribution < 1.29 is 19.1 Å². The molecule has 2 aliphatic heterocycles. The van der Waals surface area contributed by atoms with E-state index in [-0.39, 0.29) is 18.2 Å². The number of rotatable bonds is 6. The minimum atomic E-state index is -0.409. The van der Waals surface area contributed by atoms with E-state index < -0.39 is 6.04 Å². The maximum absolute atomic E-state index is 13.2. The molecule has 0 radical (unpaired) electrons. The van der Waals surface area contributed by atoms with Gasteiger partial charge in [0.15, 0.2) is 0 Å². The number of hydrogen-bond donors (Lipinski definition) is 0. The van der Waals surface area contributed by atoms with Gasteiger partial charge in [0.25, 0.3) is 5.91 Å². The zero-order valence-electron chi connectivity index (χ0n) is 17.4. The maximum Gasteiger partial charge on any atom is 0.251 e. The first-order chi connectivity index (χ1) is 14.6. The number of hydrogen-bond acceptors (Lipinski definition) is 6. The molecule has 2 aliphatic rings. The van der Waals surface area contributed by atoms with Crippen molar-refractivity contribution in [1.29, 1.82) is 0 Å². The number of amides is 2. The summed E-state index contributed by atoms with van der Waals surface area (Å²) in [6.45, 7) is 4.19. The Kier molecular flexibility index (Phi) is 6.01. The van der Waals surface area contributed by atoms with Crippen LogP contribution in [0.3, 0.4) is 0 Å². The van der Waals surface area contributed by atoms with Crippen LogP contribution in [0.2, 0.25) is 0 Å². The van der Waals surface area contributed by atoms with Crippen LogP contribution in [-0.2, 0) is 16.1 Å². The molecule has 7 nitrogen and oxygen atoms in total. The molecule has 2 amide bonds. The molecule has 2 aromatic carbocycles. The van der Waals surface area contributed by atoms with E-state index in [0.29, 0.717) is 17.2 Å². The molecule has 30 heavy (non-hydrogen) atoms. The summed E-state index contributed by atoms with van der Waals surface area (Å²) in [6.07, 6.45) is 0.205. The van der Waals surface area contributed by atoms with Gasteiger partial charge in [-0.2, -0.15) is 0 Å². The highest BCUT2D eigenvalue weighted by Gasteiger charge is 2.43. The molecule has 0 aromatic heterocycles. The largest absolute Gasteiger partial charge is 0.497 e. The van der Waals surface area contributed by atoms with Gasteiger partial charge in [-0.15, -0.1) is 0 Å². The van der Waals surface area contributed by atoms with Gasteiger partial charge in [0.05, 0.1) is 32.4 Å². The van der Waals surface area contributed by atoms with Crippen molar-refractivity contribution in [1.82, 2.24) is 9.80 Å². The second kappa shape index (κ2) is 8.85. The fraction of sp³-hybridized carbons (Fsp3) is 0.391. The van der Waals surface area contributed by atoms with E-state index in [1.54, 1.807) is 32.4 Å². The Hall–Kier alpha value is -2.90. The zero-order chi connectivity index (χ0) is 21.1. The van der Waals surface area contributed by atoms with E-state index in [0.717, 1.165) is 32.7 Å². The normalized spacial score (nSPS) is 20.6. The first kappa shape index (κ1) is 20.4. The van der Waals surface area contributed by atoms with Gasteiger partial charge in [-0.05, 0) is 5.56 Å². The van der Waals surface area contributed by atoms with Crippen molar-refractivity contribution in [3.63, 3.8) is 0 Å². The number of nitrogens with zero attached hydrogens (tertiary/aromatic N) is 3. The molecule has 0 saturated carbocycles. The highest BCUT2D eigenvalue weighted by atomic mass is 16.5. The third kappa shape index (κ3) is 4.17. The van der Waals surface area contributed by atoms with Crippen molar-refractivity contribution in [3.05, 3.63) is 54.1 Å². The third-order valence-corrected chi connectivity index (χ3v) is 5.81. The predicted molar refractivity (Wildman–Crippen MR) is 114 cm³/mol. The molecule has 2 heterocycles. The average Bonchev–Trinajstić information content (AvgIpc) is 3.08. The quantitative estimate of drug-likeness (QED) is 0.682. The van der Waals surface area contributed by atoms with Crippen LogP contribution >= 0.6 is 0 Å². The van der Waals surface area contributed by atoms with Crippen LogP contribution in [-0.4, -0.2) is 68.1 Å². The fourth-order valence-electron chi connectivity index (χ4n) is 4.17. The van der Waals surface area contributed by atoms with Crippen LogP contribution in [0.15, 0.2) is 48.5 Å². The molecular formula is C23H27N3O4. The standard InChI is InChI=1S/C23H27N3O4/c1-29-19-12-18(13-20(14-19)30-2)26-22(27)15-21(23(26)28)25-10-8-24(9-11-25)16-17-6-4-3-5-7-17/h3-7,12-14,21H,8-11,15-16H2,1-2H3/t21-/m1/s1. The number of benzene rings is 2. The van der Waals surface area contributed by atoms with Crippen molar-refractivity contribution in [2.75, 3.05) is 45.3 Å². The molecule has 4 rings (SSSR count). The van der Waals surface area contributed by atoms with Crippen LogP contribution in [0.5, 0.6) is 11.5 Å². The maximum atomic E-state index is 13.2. The summed E-state index contributed by atoms with van der Waals surface area (Å²) >= 11 is 0. The minimum absolute atomic E-state index is 0.174. The summed E-state index contributed by atoms with van der Waals surface area (Å²) in [6, 6.07) is 15.1. The summed E-state index contributed by atoms with van der Waals surface area (Å²) in [5.41, 5.74) is 1.78. The van der Waals surface area contributed by atoms with E-state index in [1.807, 2.05) is 6.07 Å². The lowest BCUT2D eigenvalue weighted by Crippen LogP contribution is -2.52. The van der Waals surface area contributed by atoms with Crippen LogP contribution < -0.4 is 14.4 Å². The lowest BCUT2D eigenvalue weighted by atomic mass is 10.1. The number of ether oxygens (including phenoxy) is 2. The fourth-order valence-corrected chi connectivity index (χ4v) is 4.17. The van der Waals surface area contributed by atoms with Crippen molar-refractivity contribution in [2.24, 2.45) is 0 Å². The molecule has 1 atom stereocenters. The Morgan fingerprint density at radius 3 is 2.13 bits per heavy atom. The Balaban J connectivity index is 1.42. The Labute approximate surface area is 176 Å². The molecule has 2 saturated heterocycles. The third-order valence-electron chi connectivity index (χ3n) is 5.81. The smallest absolute Gasteiger partial charge is 0.251 e. The lowest BCUT2D eigenvalue weighted by Gasteiger charge is -2.37. The highest BCUT2D eigenvalue weighted by molar-refractivity contribution is 6.22. The predicted octanol–water partition coefficient (Wildman–Crippen LogP) is 2.15. The van der Waals surface area contributed by atoms with E-state index in [4.69, 9.17) is 9.47 Å².